The van der Waals surface area contributed by atoms with Crippen molar-refractivity contribution in [2.24, 2.45) is 0 Å². The third kappa shape index (κ3) is 2.66. The minimum atomic E-state index is -0.469. The van der Waals surface area contributed by atoms with Crippen LogP contribution in [0.1, 0.15) is 37.4 Å². The van der Waals surface area contributed by atoms with Gasteiger partial charge in [-0.15, -0.1) is 0 Å². The number of fused-ring (bicyclic) bond motifs is 1. The Morgan fingerprint density at radius 3 is 2.39 bits per heavy atom. The molecule has 0 spiro atoms. The predicted molar refractivity (Wildman–Crippen MR) is 94.7 cm³/mol. The molecule has 0 saturated heterocycles. The maximum atomic E-state index is 13.2. The fraction of sp³-hybridized carbons (Fsp3) is 0.350. The van der Waals surface area contributed by atoms with Gasteiger partial charge in [-0.3, -0.25) is 4.79 Å². The molecule has 1 N–H and O–H groups in total. The molecule has 120 valence electrons. The quantitative estimate of drug-likeness (QED) is 0.914. The highest BCUT2D eigenvalue weighted by molar-refractivity contribution is 6.08. The number of hydrogen-bond donors (Lipinski definition) is 1. The lowest BCUT2D eigenvalue weighted by Crippen LogP contribution is -2.39. The van der Waals surface area contributed by atoms with Gasteiger partial charge >= 0.3 is 0 Å². The zero-order chi connectivity index (χ0) is 16.4. The number of amides is 1. The van der Waals surface area contributed by atoms with Gasteiger partial charge in [0.25, 0.3) is 0 Å². The minimum absolute atomic E-state index is 0.0547. The lowest BCUT2D eigenvalue weighted by molar-refractivity contribution is -0.122. The Morgan fingerprint density at radius 2 is 1.70 bits per heavy atom. The lowest BCUT2D eigenvalue weighted by atomic mass is 9.86. The van der Waals surface area contributed by atoms with Gasteiger partial charge in [-0.25, -0.2) is 0 Å². The number of carbonyl (C=O) groups excluding carboxylic acids is 1. The van der Waals surface area contributed by atoms with Crippen LogP contribution >= 0.6 is 0 Å². The molecule has 1 heterocycles. The molecule has 0 fully saturated rings. The van der Waals surface area contributed by atoms with E-state index in [0.717, 1.165) is 24.2 Å². The third-order valence-electron chi connectivity index (χ3n) is 4.75. The summed E-state index contributed by atoms with van der Waals surface area (Å²) < 4.78 is 0. The highest BCUT2D eigenvalue weighted by Crippen LogP contribution is 2.45. The second-order valence-electron chi connectivity index (χ2n) is 6.64. The van der Waals surface area contributed by atoms with Crippen LogP contribution < -0.4 is 10.2 Å². The average molecular weight is 308 g/mol. The van der Waals surface area contributed by atoms with Crippen LogP contribution in [0.25, 0.3) is 0 Å². The summed E-state index contributed by atoms with van der Waals surface area (Å²) in [5.74, 6) is 0.184. The molecule has 1 atom stereocenters. The van der Waals surface area contributed by atoms with Gasteiger partial charge < -0.3 is 10.2 Å². The van der Waals surface area contributed by atoms with Crippen molar-refractivity contribution in [1.82, 2.24) is 5.32 Å². The van der Waals surface area contributed by atoms with E-state index in [0.29, 0.717) is 0 Å². The second kappa shape index (κ2) is 6.17. The van der Waals surface area contributed by atoms with E-state index in [1.807, 2.05) is 56.1 Å². The molecule has 23 heavy (non-hydrogen) atoms. The average Bonchev–Trinajstić information content (AvgIpc) is 2.77. The van der Waals surface area contributed by atoms with Crippen LogP contribution in [0.2, 0.25) is 0 Å². The molecule has 3 nitrogen and oxygen atoms in total. The van der Waals surface area contributed by atoms with E-state index in [4.69, 9.17) is 0 Å². The third-order valence-corrected chi connectivity index (χ3v) is 4.75. The van der Waals surface area contributed by atoms with Crippen molar-refractivity contribution in [1.29, 1.82) is 0 Å². The van der Waals surface area contributed by atoms with E-state index in [9.17, 15) is 4.79 Å². The molecule has 3 heteroatoms. The highest BCUT2D eigenvalue weighted by atomic mass is 16.2. The highest BCUT2D eigenvalue weighted by Gasteiger charge is 2.46. The first-order valence-corrected chi connectivity index (χ1v) is 8.20. The van der Waals surface area contributed by atoms with Crippen LogP contribution in [0, 0.1) is 0 Å². The monoisotopic (exact) mass is 308 g/mol. The zero-order valence-electron chi connectivity index (χ0n) is 14.0. The van der Waals surface area contributed by atoms with Crippen molar-refractivity contribution in [3.63, 3.8) is 0 Å². The van der Waals surface area contributed by atoms with Crippen LogP contribution in [0.3, 0.4) is 0 Å². The number of para-hydroxylation sites is 1. The van der Waals surface area contributed by atoms with Crippen molar-refractivity contribution >= 4 is 11.6 Å². The molecule has 0 saturated carbocycles. The first kappa shape index (κ1) is 15.8. The van der Waals surface area contributed by atoms with Crippen molar-refractivity contribution in [3.8, 4) is 0 Å². The summed E-state index contributed by atoms with van der Waals surface area (Å²) in [5, 5.41) is 3.21. The van der Waals surface area contributed by atoms with Gasteiger partial charge in [0.05, 0.1) is 11.5 Å². The van der Waals surface area contributed by atoms with Gasteiger partial charge in [-0.1, -0.05) is 48.5 Å². The normalized spacial score (nSPS) is 17.2. The van der Waals surface area contributed by atoms with Crippen molar-refractivity contribution in [2.45, 2.75) is 31.7 Å². The number of anilines is 1. The second-order valence-corrected chi connectivity index (χ2v) is 6.64. The molecule has 0 unspecified atom stereocenters. The van der Waals surface area contributed by atoms with Crippen molar-refractivity contribution in [2.75, 3.05) is 18.5 Å². The maximum absolute atomic E-state index is 13.2. The number of carbonyl (C=O) groups is 1. The van der Waals surface area contributed by atoms with Crippen LogP contribution in [-0.4, -0.2) is 19.5 Å². The molecule has 3 rings (SSSR count). The number of nitrogens with zero attached hydrogens (tertiary/aromatic N) is 1. The number of rotatable bonds is 5. The molecule has 0 bridgehead atoms. The molecule has 2 aromatic rings. The minimum Gasteiger partial charge on any atom is -0.320 e. The SMILES string of the molecule is CNCC[C@@H](c1ccccc1)N1C(=O)C(C)(C)c2ccccc21. The fourth-order valence-electron chi connectivity index (χ4n) is 3.45. The largest absolute Gasteiger partial charge is 0.320 e. The first-order valence-electron chi connectivity index (χ1n) is 8.20. The number of nitrogens with one attached hydrogen (secondary N) is 1. The summed E-state index contributed by atoms with van der Waals surface area (Å²) in [5.41, 5.74) is 2.88. The molecule has 0 aromatic heterocycles. The topological polar surface area (TPSA) is 32.3 Å². The van der Waals surface area contributed by atoms with Crippen LogP contribution in [0.15, 0.2) is 54.6 Å². The van der Waals surface area contributed by atoms with Gasteiger partial charge in [0.15, 0.2) is 0 Å². The summed E-state index contributed by atoms with van der Waals surface area (Å²) in [7, 11) is 1.95. The number of benzene rings is 2. The lowest BCUT2D eigenvalue weighted by Gasteiger charge is -2.30. The summed E-state index contributed by atoms with van der Waals surface area (Å²) in [4.78, 5) is 15.2. The molecule has 0 aliphatic carbocycles. The van der Waals surface area contributed by atoms with Gasteiger partial charge in [0.1, 0.15) is 0 Å². The predicted octanol–water partition coefficient (Wildman–Crippen LogP) is 3.66. The van der Waals surface area contributed by atoms with E-state index < -0.39 is 5.41 Å². The summed E-state index contributed by atoms with van der Waals surface area (Å²) in [6.45, 7) is 4.91. The van der Waals surface area contributed by atoms with Crippen LogP contribution in [0.4, 0.5) is 5.69 Å². The molecule has 2 aromatic carbocycles. The van der Waals surface area contributed by atoms with E-state index in [1.54, 1.807) is 0 Å². The summed E-state index contributed by atoms with van der Waals surface area (Å²) in [6, 6.07) is 18.6. The van der Waals surface area contributed by atoms with Gasteiger partial charge in [0.2, 0.25) is 5.91 Å². The maximum Gasteiger partial charge on any atom is 0.237 e. The summed E-state index contributed by atoms with van der Waals surface area (Å²) >= 11 is 0. The molecule has 1 amide bonds. The zero-order valence-corrected chi connectivity index (χ0v) is 14.0. The standard InChI is InChI=1S/C20H24N2O/c1-20(2)16-11-7-8-12-18(16)22(19(20)23)17(13-14-21-3)15-9-5-4-6-10-15/h4-12,17,21H,13-14H2,1-3H3/t17-/m0/s1. The van der Waals surface area contributed by atoms with E-state index in [-0.39, 0.29) is 11.9 Å². The summed E-state index contributed by atoms with van der Waals surface area (Å²) in [6.07, 6.45) is 0.886. The van der Waals surface area contributed by atoms with Gasteiger partial charge in [-0.2, -0.15) is 0 Å². The fourth-order valence-corrected chi connectivity index (χ4v) is 3.45. The Hall–Kier alpha value is -2.13. The van der Waals surface area contributed by atoms with Crippen molar-refractivity contribution < 1.29 is 4.79 Å². The van der Waals surface area contributed by atoms with Crippen molar-refractivity contribution in [3.05, 3.63) is 65.7 Å². The molecule has 1 aliphatic heterocycles. The van der Waals surface area contributed by atoms with Gasteiger partial charge in [0, 0.05) is 5.69 Å². The van der Waals surface area contributed by atoms with E-state index in [2.05, 4.69) is 29.6 Å². The number of hydrogen-bond acceptors (Lipinski definition) is 2. The Kier molecular flexibility index (Phi) is 4.22. The Balaban J connectivity index is 2.08. The molecule has 1 aliphatic rings. The Labute approximate surface area is 138 Å². The van der Waals surface area contributed by atoms with E-state index >= 15 is 0 Å². The smallest absolute Gasteiger partial charge is 0.237 e. The van der Waals surface area contributed by atoms with E-state index in [1.165, 1.54) is 5.56 Å². The first-order chi connectivity index (χ1) is 11.1. The van der Waals surface area contributed by atoms with Crippen LogP contribution in [-0.2, 0) is 10.2 Å². The Bertz CT molecular complexity index is 694. The molecular weight excluding hydrogens is 284 g/mol. The van der Waals surface area contributed by atoms with Crippen LogP contribution in [0.5, 0.6) is 0 Å². The molecule has 0 radical (unpaired) electrons. The van der Waals surface area contributed by atoms with Gasteiger partial charge in [-0.05, 0) is 51.1 Å². The Morgan fingerprint density at radius 1 is 1.04 bits per heavy atom. The molecular formula is C20H24N2O.